The predicted octanol–water partition coefficient (Wildman–Crippen LogP) is 4.26. The smallest absolute Gasteiger partial charge is 0.134 e. The van der Waals surface area contributed by atoms with Crippen molar-refractivity contribution in [2.24, 2.45) is 0 Å². The van der Waals surface area contributed by atoms with Crippen LogP contribution in [0.2, 0.25) is 5.02 Å². The number of hydrogen-bond acceptors (Lipinski definition) is 2. The fourth-order valence-electron chi connectivity index (χ4n) is 1.65. The number of benzene rings is 2. The number of halogens is 1. The quantitative estimate of drug-likeness (QED) is 0.821. The van der Waals surface area contributed by atoms with Crippen molar-refractivity contribution in [1.29, 1.82) is 0 Å². The van der Waals surface area contributed by atoms with Gasteiger partial charge in [-0.2, -0.15) is 0 Å². The zero-order valence-electron chi connectivity index (χ0n) is 10.0. The van der Waals surface area contributed by atoms with Crippen LogP contribution < -0.4 is 4.74 Å². The molecule has 0 saturated carbocycles. The van der Waals surface area contributed by atoms with E-state index in [9.17, 15) is 4.79 Å². The van der Waals surface area contributed by atoms with Gasteiger partial charge in [-0.1, -0.05) is 23.7 Å². The number of rotatable bonds is 4. The molecule has 0 aliphatic rings. The lowest BCUT2D eigenvalue weighted by atomic mass is 10.1. The van der Waals surface area contributed by atoms with Gasteiger partial charge in [-0.25, -0.2) is 0 Å². The Morgan fingerprint density at radius 3 is 2.50 bits per heavy atom. The van der Waals surface area contributed by atoms with Crippen molar-refractivity contribution in [1.82, 2.24) is 0 Å². The molecule has 92 valence electrons. The zero-order chi connectivity index (χ0) is 13.0. The molecular weight excluding hydrogens is 248 g/mol. The first kappa shape index (κ1) is 12.7. The minimum atomic E-state index is 0.138. The Labute approximate surface area is 111 Å². The fourth-order valence-corrected chi connectivity index (χ4v) is 1.77. The Morgan fingerprint density at radius 2 is 1.83 bits per heavy atom. The Kier molecular flexibility index (Phi) is 4.00. The molecule has 2 aromatic rings. The van der Waals surface area contributed by atoms with Gasteiger partial charge >= 0.3 is 0 Å². The van der Waals surface area contributed by atoms with E-state index < -0.39 is 0 Å². The predicted molar refractivity (Wildman–Crippen MR) is 72.4 cm³/mol. The maximum atomic E-state index is 11.1. The number of ether oxygens (including phenoxy) is 1. The van der Waals surface area contributed by atoms with Gasteiger partial charge in [-0.15, -0.1) is 0 Å². The molecule has 0 atom stereocenters. The summed E-state index contributed by atoms with van der Waals surface area (Å²) in [7, 11) is 0. The van der Waals surface area contributed by atoms with E-state index >= 15 is 0 Å². The van der Waals surface area contributed by atoms with Gasteiger partial charge in [0, 0.05) is 11.4 Å². The van der Waals surface area contributed by atoms with Gasteiger partial charge in [-0.3, -0.25) is 4.79 Å². The molecule has 0 aromatic heterocycles. The van der Waals surface area contributed by atoms with E-state index in [4.69, 9.17) is 16.3 Å². The van der Waals surface area contributed by atoms with Gasteiger partial charge in [0.25, 0.3) is 0 Å². The number of carbonyl (C=O) groups is 1. The molecule has 0 bridgehead atoms. The van der Waals surface area contributed by atoms with E-state index in [0.717, 1.165) is 17.1 Å². The molecule has 0 saturated heterocycles. The third-order valence-electron chi connectivity index (χ3n) is 2.40. The number of Topliss-reactive ketones (excluding diaryl/α,β-unsaturated/α-hetero) is 1. The first-order valence-electron chi connectivity index (χ1n) is 5.65. The molecule has 2 nitrogen and oxygen atoms in total. The summed E-state index contributed by atoms with van der Waals surface area (Å²) in [5, 5.41) is 0.674. The van der Waals surface area contributed by atoms with Crippen LogP contribution >= 0.6 is 11.6 Å². The highest BCUT2D eigenvalue weighted by Crippen LogP contribution is 2.23. The molecule has 0 amide bonds. The summed E-state index contributed by atoms with van der Waals surface area (Å²) in [5.74, 6) is 1.58. The van der Waals surface area contributed by atoms with E-state index in [1.807, 2.05) is 24.3 Å². The summed E-state index contributed by atoms with van der Waals surface area (Å²) in [4.78, 5) is 11.1. The molecule has 0 fully saturated rings. The molecule has 0 aliphatic carbocycles. The monoisotopic (exact) mass is 260 g/mol. The van der Waals surface area contributed by atoms with Gasteiger partial charge < -0.3 is 4.74 Å². The summed E-state index contributed by atoms with van der Waals surface area (Å²) in [6.07, 6.45) is 0.428. The summed E-state index contributed by atoms with van der Waals surface area (Å²) >= 11 is 5.80. The summed E-state index contributed by atoms with van der Waals surface area (Å²) in [5.41, 5.74) is 0.953. The van der Waals surface area contributed by atoms with Crippen molar-refractivity contribution in [2.75, 3.05) is 0 Å². The van der Waals surface area contributed by atoms with Gasteiger partial charge in [-0.05, 0) is 48.9 Å². The summed E-state index contributed by atoms with van der Waals surface area (Å²) < 4.78 is 5.69. The minimum Gasteiger partial charge on any atom is -0.457 e. The molecule has 0 radical (unpaired) electrons. The van der Waals surface area contributed by atoms with Crippen LogP contribution in [0.1, 0.15) is 12.5 Å². The van der Waals surface area contributed by atoms with Crippen molar-refractivity contribution in [3.63, 3.8) is 0 Å². The number of ketones is 1. The van der Waals surface area contributed by atoms with Gasteiger partial charge in [0.15, 0.2) is 0 Å². The van der Waals surface area contributed by atoms with Crippen molar-refractivity contribution < 1.29 is 9.53 Å². The van der Waals surface area contributed by atoms with Crippen molar-refractivity contribution in [3.8, 4) is 11.5 Å². The normalized spacial score (nSPS) is 10.1. The van der Waals surface area contributed by atoms with E-state index in [0.29, 0.717) is 11.4 Å². The highest BCUT2D eigenvalue weighted by molar-refractivity contribution is 6.30. The zero-order valence-corrected chi connectivity index (χ0v) is 10.8. The van der Waals surface area contributed by atoms with E-state index in [1.54, 1.807) is 31.2 Å². The van der Waals surface area contributed by atoms with Crippen molar-refractivity contribution in [3.05, 3.63) is 59.1 Å². The minimum absolute atomic E-state index is 0.138. The fraction of sp³-hybridized carbons (Fsp3) is 0.133. The van der Waals surface area contributed by atoms with Crippen LogP contribution in [0.5, 0.6) is 11.5 Å². The lowest BCUT2D eigenvalue weighted by Gasteiger charge is -2.07. The van der Waals surface area contributed by atoms with E-state index in [2.05, 4.69) is 0 Å². The van der Waals surface area contributed by atoms with Crippen LogP contribution in [0.4, 0.5) is 0 Å². The molecule has 0 aliphatic heterocycles. The first-order chi connectivity index (χ1) is 8.63. The summed E-state index contributed by atoms with van der Waals surface area (Å²) in [6.45, 7) is 1.58. The third-order valence-corrected chi connectivity index (χ3v) is 2.65. The largest absolute Gasteiger partial charge is 0.457 e. The van der Waals surface area contributed by atoms with Crippen LogP contribution in [-0.2, 0) is 11.2 Å². The molecule has 18 heavy (non-hydrogen) atoms. The second kappa shape index (κ2) is 5.69. The average Bonchev–Trinajstić information content (AvgIpc) is 2.32. The lowest BCUT2D eigenvalue weighted by Crippen LogP contribution is -1.96. The molecule has 0 unspecified atom stereocenters. The molecule has 2 rings (SSSR count). The highest BCUT2D eigenvalue weighted by Gasteiger charge is 2.01. The highest BCUT2D eigenvalue weighted by atomic mass is 35.5. The Morgan fingerprint density at radius 1 is 1.11 bits per heavy atom. The van der Waals surface area contributed by atoms with Crippen LogP contribution in [0.25, 0.3) is 0 Å². The molecule has 0 spiro atoms. The summed E-state index contributed by atoms with van der Waals surface area (Å²) in [6, 6.07) is 14.7. The molecule has 0 heterocycles. The molecule has 2 aromatic carbocycles. The Bertz CT molecular complexity index is 547. The van der Waals surface area contributed by atoms with Crippen LogP contribution in [0, 0.1) is 0 Å². The second-order valence-corrected chi connectivity index (χ2v) is 4.52. The first-order valence-corrected chi connectivity index (χ1v) is 6.03. The third kappa shape index (κ3) is 3.60. The van der Waals surface area contributed by atoms with Crippen LogP contribution in [-0.4, -0.2) is 5.78 Å². The van der Waals surface area contributed by atoms with Crippen LogP contribution in [0.3, 0.4) is 0 Å². The topological polar surface area (TPSA) is 26.3 Å². The van der Waals surface area contributed by atoms with Gasteiger partial charge in [0.2, 0.25) is 0 Å². The molecule has 3 heteroatoms. The van der Waals surface area contributed by atoms with Gasteiger partial charge in [0.1, 0.15) is 17.3 Å². The Balaban J connectivity index is 2.13. The van der Waals surface area contributed by atoms with E-state index in [1.165, 1.54) is 0 Å². The molecular formula is C15H13ClO2. The van der Waals surface area contributed by atoms with Crippen LogP contribution in [0.15, 0.2) is 48.5 Å². The lowest BCUT2D eigenvalue weighted by molar-refractivity contribution is -0.116. The number of carbonyl (C=O) groups excluding carboxylic acids is 1. The SMILES string of the molecule is CC(=O)Cc1cccc(Oc2ccc(Cl)cc2)c1. The molecule has 0 N–H and O–H groups in total. The maximum absolute atomic E-state index is 11.1. The second-order valence-electron chi connectivity index (χ2n) is 4.08. The van der Waals surface area contributed by atoms with Gasteiger partial charge in [0.05, 0.1) is 0 Å². The van der Waals surface area contributed by atoms with Crippen molar-refractivity contribution in [2.45, 2.75) is 13.3 Å². The average molecular weight is 261 g/mol. The van der Waals surface area contributed by atoms with E-state index in [-0.39, 0.29) is 5.78 Å². The van der Waals surface area contributed by atoms with Crippen molar-refractivity contribution >= 4 is 17.4 Å². The number of hydrogen-bond donors (Lipinski definition) is 0. The standard InChI is InChI=1S/C15H13ClO2/c1-11(17)9-12-3-2-4-15(10-12)18-14-7-5-13(16)6-8-14/h2-8,10H,9H2,1H3. The Hall–Kier alpha value is -1.80. The maximum Gasteiger partial charge on any atom is 0.134 e.